The van der Waals surface area contributed by atoms with Gasteiger partial charge in [-0.05, 0) is 42.5 Å². The van der Waals surface area contributed by atoms with Gasteiger partial charge in [0.05, 0.1) is 17.9 Å². The van der Waals surface area contributed by atoms with Gasteiger partial charge in [-0.3, -0.25) is 10.1 Å². The molecule has 0 spiro atoms. The summed E-state index contributed by atoms with van der Waals surface area (Å²) < 4.78 is 13.0. The van der Waals surface area contributed by atoms with E-state index in [4.69, 9.17) is 11.6 Å². The average molecular weight is 433 g/mol. The molecule has 1 amide bonds. The first kappa shape index (κ1) is 20.5. The lowest BCUT2D eigenvalue weighted by molar-refractivity contribution is -0.114. The second-order valence-electron chi connectivity index (χ2n) is 6.74. The van der Waals surface area contributed by atoms with Crippen LogP contribution in [0.15, 0.2) is 84.9 Å². The maximum atomic E-state index is 13.0. The van der Waals surface area contributed by atoms with E-state index in [-0.39, 0.29) is 24.2 Å². The highest BCUT2D eigenvalue weighted by Gasteiger charge is 2.11. The normalized spacial score (nSPS) is 10.5. The fraction of sp³-hybridized carbons (Fsp3) is 0.0417. The molecule has 31 heavy (non-hydrogen) atoms. The van der Waals surface area contributed by atoms with Gasteiger partial charge < -0.3 is 5.32 Å². The molecule has 1 heterocycles. The third-order valence-electron chi connectivity index (χ3n) is 4.48. The molecule has 0 aliphatic rings. The Hall–Kier alpha value is -3.77. The van der Waals surface area contributed by atoms with Crippen LogP contribution in [-0.2, 0) is 4.79 Å². The van der Waals surface area contributed by atoms with Gasteiger partial charge in [-0.2, -0.15) is 0 Å². The Balaban J connectivity index is 1.58. The topological polar surface area (TPSA) is 66.9 Å². The lowest BCUT2D eigenvalue weighted by Crippen LogP contribution is -2.23. The number of anilines is 2. The van der Waals surface area contributed by atoms with E-state index in [2.05, 4.69) is 20.6 Å². The maximum absolute atomic E-state index is 13.0. The molecule has 0 atom stereocenters. The van der Waals surface area contributed by atoms with Crippen molar-refractivity contribution in [3.63, 3.8) is 0 Å². The van der Waals surface area contributed by atoms with E-state index >= 15 is 0 Å². The van der Waals surface area contributed by atoms with Crippen molar-refractivity contribution in [3.05, 3.63) is 95.8 Å². The number of nitrogens with one attached hydrogen (secondary N) is 2. The molecular weight excluding hydrogens is 415 g/mol. The minimum absolute atomic E-state index is 0.0131. The van der Waals surface area contributed by atoms with Crippen LogP contribution in [0.1, 0.15) is 0 Å². The van der Waals surface area contributed by atoms with Crippen molar-refractivity contribution in [1.29, 1.82) is 0 Å². The van der Waals surface area contributed by atoms with E-state index in [1.54, 1.807) is 24.3 Å². The van der Waals surface area contributed by atoms with E-state index in [9.17, 15) is 9.18 Å². The molecule has 4 aromatic rings. The van der Waals surface area contributed by atoms with Gasteiger partial charge in [0.15, 0.2) is 0 Å². The number of amides is 1. The van der Waals surface area contributed by atoms with Crippen molar-refractivity contribution in [2.45, 2.75) is 0 Å². The Morgan fingerprint density at radius 1 is 0.839 bits per heavy atom. The molecule has 154 valence electrons. The molecule has 0 unspecified atom stereocenters. The van der Waals surface area contributed by atoms with Crippen molar-refractivity contribution >= 4 is 29.1 Å². The number of aromatic nitrogens is 2. The summed E-state index contributed by atoms with van der Waals surface area (Å²) in [5.74, 6) is -0.468. The van der Waals surface area contributed by atoms with Crippen LogP contribution < -0.4 is 10.6 Å². The number of nitrogens with zero attached hydrogens (tertiary/aromatic N) is 2. The van der Waals surface area contributed by atoms with Crippen LogP contribution in [0, 0.1) is 5.82 Å². The van der Waals surface area contributed by atoms with Crippen molar-refractivity contribution in [2.24, 2.45) is 0 Å². The SMILES string of the molecule is O=C(CNc1ccc(F)cc1)Nc1nc(-c2ccccc2)cc(-c2ccc(Cl)cc2)n1. The van der Waals surface area contributed by atoms with Crippen LogP contribution in [0.25, 0.3) is 22.5 Å². The van der Waals surface area contributed by atoms with Crippen LogP contribution in [0.5, 0.6) is 0 Å². The predicted octanol–water partition coefficient (Wildman–Crippen LogP) is 5.65. The highest BCUT2D eigenvalue weighted by atomic mass is 35.5. The summed E-state index contributed by atoms with van der Waals surface area (Å²) in [4.78, 5) is 21.5. The van der Waals surface area contributed by atoms with E-state index in [1.165, 1.54) is 12.1 Å². The van der Waals surface area contributed by atoms with Crippen LogP contribution in [-0.4, -0.2) is 22.4 Å². The molecule has 0 aliphatic heterocycles. The summed E-state index contributed by atoms with van der Waals surface area (Å²) in [7, 11) is 0. The lowest BCUT2D eigenvalue weighted by atomic mass is 10.1. The molecule has 0 aliphatic carbocycles. The fourth-order valence-electron chi connectivity index (χ4n) is 2.95. The van der Waals surface area contributed by atoms with Crippen LogP contribution in [0.3, 0.4) is 0 Å². The minimum Gasteiger partial charge on any atom is -0.376 e. The zero-order chi connectivity index (χ0) is 21.6. The standard InChI is InChI=1S/C24H18ClFN4O/c25-18-8-6-17(7-9-18)22-14-21(16-4-2-1-3-5-16)28-24(29-22)30-23(31)15-27-20-12-10-19(26)11-13-20/h1-14,27H,15H2,(H,28,29,30,31). The molecule has 0 saturated carbocycles. The highest BCUT2D eigenvalue weighted by molar-refractivity contribution is 6.30. The van der Waals surface area contributed by atoms with Crippen molar-refractivity contribution < 1.29 is 9.18 Å². The first-order valence-corrected chi connectivity index (χ1v) is 9.94. The second kappa shape index (κ2) is 9.36. The summed E-state index contributed by atoms with van der Waals surface area (Å²) >= 11 is 6.00. The molecule has 0 saturated heterocycles. The molecule has 5 nitrogen and oxygen atoms in total. The fourth-order valence-corrected chi connectivity index (χ4v) is 3.07. The summed E-state index contributed by atoms with van der Waals surface area (Å²) in [6.45, 7) is -0.0131. The second-order valence-corrected chi connectivity index (χ2v) is 7.18. The van der Waals surface area contributed by atoms with Gasteiger partial charge in [-0.1, -0.05) is 54.1 Å². The van der Waals surface area contributed by atoms with Crippen LogP contribution in [0.2, 0.25) is 5.02 Å². The number of hydrogen-bond donors (Lipinski definition) is 2. The Labute approximate surface area is 184 Å². The quantitative estimate of drug-likeness (QED) is 0.413. The molecule has 0 bridgehead atoms. The summed E-state index contributed by atoms with van der Waals surface area (Å²) in [5.41, 5.74) is 3.73. The van der Waals surface area contributed by atoms with E-state index < -0.39 is 0 Å². The number of hydrogen-bond acceptors (Lipinski definition) is 4. The van der Waals surface area contributed by atoms with Crippen LogP contribution >= 0.6 is 11.6 Å². The number of halogens is 2. The number of carbonyl (C=O) groups is 1. The summed E-state index contributed by atoms with van der Waals surface area (Å²) in [6.07, 6.45) is 0. The average Bonchev–Trinajstić information content (AvgIpc) is 2.79. The highest BCUT2D eigenvalue weighted by Crippen LogP contribution is 2.26. The molecule has 2 N–H and O–H groups in total. The first-order chi connectivity index (χ1) is 15.1. The third-order valence-corrected chi connectivity index (χ3v) is 4.74. The van der Waals surface area contributed by atoms with Gasteiger partial charge in [0.1, 0.15) is 5.82 Å². The lowest BCUT2D eigenvalue weighted by Gasteiger charge is -2.11. The Kier molecular flexibility index (Phi) is 6.19. The molecule has 4 rings (SSSR count). The summed E-state index contributed by atoms with van der Waals surface area (Å²) in [6, 6.07) is 24.6. The zero-order valence-electron chi connectivity index (χ0n) is 16.3. The third kappa shape index (κ3) is 5.43. The minimum atomic E-state index is -0.337. The molecule has 1 aromatic heterocycles. The molecule has 7 heteroatoms. The number of benzene rings is 3. The molecule has 3 aromatic carbocycles. The molecule has 0 radical (unpaired) electrons. The number of carbonyl (C=O) groups excluding carboxylic acids is 1. The predicted molar refractivity (Wildman–Crippen MR) is 121 cm³/mol. The van der Waals surface area contributed by atoms with E-state index in [1.807, 2.05) is 48.5 Å². The summed E-state index contributed by atoms with van der Waals surface area (Å²) in [5, 5.41) is 6.30. The van der Waals surface area contributed by atoms with E-state index in [0.29, 0.717) is 22.1 Å². The van der Waals surface area contributed by atoms with Crippen LogP contribution in [0.4, 0.5) is 16.0 Å². The van der Waals surface area contributed by atoms with Gasteiger partial charge in [-0.25, -0.2) is 14.4 Å². The number of rotatable bonds is 6. The van der Waals surface area contributed by atoms with Gasteiger partial charge in [0, 0.05) is 21.8 Å². The smallest absolute Gasteiger partial charge is 0.246 e. The van der Waals surface area contributed by atoms with Gasteiger partial charge in [-0.15, -0.1) is 0 Å². The van der Waals surface area contributed by atoms with Gasteiger partial charge in [0.25, 0.3) is 0 Å². The maximum Gasteiger partial charge on any atom is 0.246 e. The van der Waals surface area contributed by atoms with Crippen molar-refractivity contribution in [2.75, 3.05) is 17.2 Å². The van der Waals surface area contributed by atoms with E-state index in [0.717, 1.165) is 11.1 Å². The largest absolute Gasteiger partial charge is 0.376 e. The molecule has 0 fully saturated rings. The van der Waals surface area contributed by atoms with Gasteiger partial charge in [0.2, 0.25) is 11.9 Å². The monoisotopic (exact) mass is 432 g/mol. The first-order valence-electron chi connectivity index (χ1n) is 9.56. The zero-order valence-corrected chi connectivity index (χ0v) is 17.1. The Bertz CT molecular complexity index is 1180. The Morgan fingerprint density at radius 3 is 2.10 bits per heavy atom. The van der Waals surface area contributed by atoms with Crippen molar-refractivity contribution in [1.82, 2.24) is 9.97 Å². The molecular formula is C24H18ClFN4O. The Morgan fingerprint density at radius 2 is 1.45 bits per heavy atom. The van der Waals surface area contributed by atoms with Crippen molar-refractivity contribution in [3.8, 4) is 22.5 Å². The van der Waals surface area contributed by atoms with Gasteiger partial charge >= 0.3 is 0 Å².